The predicted molar refractivity (Wildman–Crippen MR) is 144 cm³/mol. The largest absolute Gasteiger partial charge is 0.172 e. The van der Waals surface area contributed by atoms with Crippen LogP contribution >= 0.6 is 34.4 Å². The molecular weight excluding hydrogens is 461 g/mol. The summed E-state index contributed by atoms with van der Waals surface area (Å²) in [5.41, 5.74) is 9.34. The molecule has 0 bridgehead atoms. The lowest BCUT2D eigenvalue weighted by atomic mass is 10.1. The Labute approximate surface area is 205 Å². The topological polar surface area (TPSA) is 25.8 Å². The number of fused-ring (bicyclic) bond motifs is 1. The molecule has 2 nitrogen and oxygen atoms in total. The molecule has 6 rings (SSSR count). The Balaban J connectivity index is 1.38. The lowest BCUT2D eigenvalue weighted by molar-refractivity contribution is 1.48. The van der Waals surface area contributed by atoms with Gasteiger partial charge in [-0.05, 0) is 49.2 Å². The van der Waals surface area contributed by atoms with Gasteiger partial charge in [-0.3, -0.25) is 0 Å². The van der Waals surface area contributed by atoms with E-state index in [1.165, 1.54) is 53.5 Å². The molecule has 0 saturated carbocycles. The van der Waals surface area contributed by atoms with Crippen LogP contribution in [0.3, 0.4) is 0 Å². The van der Waals surface area contributed by atoms with E-state index in [2.05, 4.69) is 98.8 Å². The summed E-state index contributed by atoms with van der Waals surface area (Å²) in [4.78, 5) is 4.99. The molecule has 0 unspecified atom stereocenters. The summed E-state index contributed by atoms with van der Waals surface area (Å²) in [6.07, 6.45) is 0. The first-order valence-corrected chi connectivity index (χ1v) is 13.1. The molecule has 3 heterocycles. The van der Waals surface area contributed by atoms with Crippen molar-refractivity contribution in [1.29, 1.82) is 0 Å². The second kappa shape index (κ2) is 8.34. The maximum atomic E-state index is 4.69. The van der Waals surface area contributed by atoms with Crippen molar-refractivity contribution < 1.29 is 0 Å². The quantitative estimate of drug-likeness (QED) is 0.251. The van der Waals surface area contributed by atoms with E-state index < -0.39 is 0 Å². The van der Waals surface area contributed by atoms with Gasteiger partial charge in [0, 0.05) is 30.6 Å². The number of rotatable bonds is 4. The summed E-state index contributed by atoms with van der Waals surface area (Å²) in [6, 6.07) is 30.6. The molecule has 3 aromatic heterocycles. The molecule has 0 aliphatic rings. The Morgan fingerprint density at radius 3 is 1.27 bits per heavy atom. The number of hydrogen-bond donors (Lipinski definition) is 0. The van der Waals surface area contributed by atoms with Gasteiger partial charge in [-0.2, -0.15) is 8.75 Å². The minimum atomic E-state index is 0.986. The molecule has 0 amide bonds. The third kappa shape index (κ3) is 3.82. The van der Waals surface area contributed by atoms with Gasteiger partial charge in [0.25, 0.3) is 0 Å². The fourth-order valence-electron chi connectivity index (χ4n) is 3.98. The van der Waals surface area contributed by atoms with Gasteiger partial charge < -0.3 is 0 Å². The highest BCUT2D eigenvalue weighted by atomic mass is 32.1. The highest BCUT2D eigenvalue weighted by molar-refractivity contribution is 7.19. The van der Waals surface area contributed by atoms with Crippen LogP contribution in [0.1, 0.15) is 11.1 Å². The summed E-state index contributed by atoms with van der Waals surface area (Å²) in [5, 5.41) is 0. The van der Waals surface area contributed by atoms with Crippen LogP contribution < -0.4 is 0 Å². The van der Waals surface area contributed by atoms with E-state index in [1.54, 1.807) is 22.7 Å². The van der Waals surface area contributed by atoms with Crippen molar-refractivity contribution in [2.24, 2.45) is 0 Å². The van der Waals surface area contributed by atoms with Gasteiger partial charge >= 0.3 is 0 Å². The van der Waals surface area contributed by atoms with E-state index in [0.29, 0.717) is 0 Å². The standard InChI is InChI=1S/C28H20N2S3/c1-17-3-7-19(8-4-17)23-13-15-25(31-23)21-11-12-22(28-27(21)29-33-30-28)26-16-14-24(32-26)20-9-5-18(2)6-10-20/h3-16H,1-2H3. The number of hydrogen-bond acceptors (Lipinski definition) is 5. The van der Waals surface area contributed by atoms with E-state index in [4.69, 9.17) is 8.75 Å². The molecule has 0 radical (unpaired) electrons. The molecule has 0 atom stereocenters. The van der Waals surface area contributed by atoms with Gasteiger partial charge in [-0.25, -0.2) is 0 Å². The first-order chi connectivity index (χ1) is 16.2. The number of aromatic nitrogens is 2. The molecule has 0 aliphatic heterocycles. The third-order valence-electron chi connectivity index (χ3n) is 5.83. The Bertz CT molecular complexity index is 1450. The minimum absolute atomic E-state index is 0.986. The first kappa shape index (κ1) is 20.5. The van der Waals surface area contributed by atoms with Crippen LogP contribution in [0.25, 0.3) is 52.8 Å². The maximum Gasteiger partial charge on any atom is 0.114 e. The molecule has 0 N–H and O–H groups in total. The van der Waals surface area contributed by atoms with Gasteiger partial charge in [0.15, 0.2) is 0 Å². The molecular formula is C28H20N2S3. The Hall–Kier alpha value is -3.12. The van der Waals surface area contributed by atoms with Crippen LogP contribution in [0.5, 0.6) is 0 Å². The molecule has 0 fully saturated rings. The van der Waals surface area contributed by atoms with Crippen molar-refractivity contribution in [3.8, 4) is 41.8 Å². The third-order valence-corrected chi connectivity index (χ3v) is 8.69. The number of aryl methyl sites for hydroxylation is 2. The monoisotopic (exact) mass is 480 g/mol. The average molecular weight is 481 g/mol. The molecule has 3 aromatic carbocycles. The smallest absolute Gasteiger partial charge is 0.114 e. The fraction of sp³-hybridized carbons (Fsp3) is 0.0714. The maximum absolute atomic E-state index is 4.69. The summed E-state index contributed by atoms with van der Waals surface area (Å²) in [6.45, 7) is 4.24. The van der Waals surface area contributed by atoms with Crippen LogP contribution in [0.2, 0.25) is 0 Å². The highest BCUT2D eigenvalue weighted by Crippen LogP contribution is 2.42. The highest BCUT2D eigenvalue weighted by Gasteiger charge is 2.16. The molecule has 33 heavy (non-hydrogen) atoms. The molecule has 5 heteroatoms. The Kier molecular flexibility index (Phi) is 5.18. The van der Waals surface area contributed by atoms with Gasteiger partial charge in [0.05, 0.1) is 11.7 Å². The van der Waals surface area contributed by atoms with Crippen molar-refractivity contribution in [3.63, 3.8) is 0 Å². The van der Waals surface area contributed by atoms with Gasteiger partial charge in [0.2, 0.25) is 0 Å². The Morgan fingerprint density at radius 1 is 0.455 bits per heavy atom. The first-order valence-electron chi connectivity index (χ1n) is 10.8. The van der Waals surface area contributed by atoms with Gasteiger partial charge in [-0.15, -0.1) is 22.7 Å². The average Bonchev–Trinajstić information content (AvgIpc) is 3.60. The zero-order chi connectivity index (χ0) is 22.4. The van der Waals surface area contributed by atoms with Crippen molar-refractivity contribution in [3.05, 3.63) is 96.1 Å². The van der Waals surface area contributed by atoms with E-state index in [9.17, 15) is 0 Å². The molecule has 160 valence electrons. The SMILES string of the molecule is Cc1ccc(-c2ccc(-c3ccc(-c4ccc(-c5ccc(C)cc5)s4)c4nsnc34)s2)cc1. The number of benzene rings is 3. The van der Waals surface area contributed by atoms with Crippen LogP contribution in [-0.2, 0) is 0 Å². The summed E-state index contributed by atoms with van der Waals surface area (Å²) in [5.74, 6) is 0. The second-order valence-corrected chi connectivity index (χ2v) is 10.9. The molecule has 6 aromatic rings. The molecule has 0 aliphatic carbocycles. The minimum Gasteiger partial charge on any atom is -0.172 e. The van der Waals surface area contributed by atoms with Gasteiger partial charge in [-0.1, -0.05) is 71.8 Å². The van der Waals surface area contributed by atoms with Crippen LogP contribution in [0.15, 0.2) is 84.9 Å². The van der Waals surface area contributed by atoms with Gasteiger partial charge in [0.1, 0.15) is 11.0 Å². The van der Waals surface area contributed by atoms with Crippen molar-refractivity contribution in [2.45, 2.75) is 13.8 Å². The lowest BCUT2D eigenvalue weighted by Gasteiger charge is -2.04. The molecule has 0 spiro atoms. The van der Waals surface area contributed by atoms with Crippen LogP contribution in [0, 0.1) is 13.8 Å². The zero-order valence-corrected chi connectivity index (χ0v) is 20.7. The number of nitrogens with zero attached hydrogens (tertiary/aromatic N) is 2. The summed E-state index contributed by atoms with van der Waals surface area (Å²) >= 11 is 4.90. The van der Waals surface area contributed by atoms with E-state index in [1.807, 2.05) is 0 Å². The van der Waals surface area contributed by atoms with Crippen molar-refractivity contribution in [2.75, 3.05) is 0 Å². The molecule has 0 saturated heterocycles. The van der Waals surface area contributed by atoms with Crippen LogP contribution in [-0.4, -0.2) is 8.75 Å². The second-order valence-electron chi connectivity index (χ2n) is 8.18. The summed E-state index contributed by atoms with van der Waals surface area (Å²) in [7, 11) is 0. The van der Waals surface area contributed by atoms with Crippen molar-refractivity contribution in [1.82, 2.24) is 8.75 Å². The predicted octanol–water partition coefficient (Wildman–Crippen LogP) is 9.10. The van der Waals surface area contributed by atoms with Crippen LogP contribution in [0.4, 0.5) is 0 Å². The van der Waals surface area contributed by atoms with E-state index in [-0.39, 0.29) is 0 Å². The van der Waals surface area contributed by atoms with Crippen molar-refractivity contribution >= 4 is 45.4 Å². The van der Waals surface area contributed by atoms with E-state index in [0.717, 1.165) is 22.2 Å². The zero-order valence-electron chi connectivity index (χ0n) is 18.2. The van der Waals surface area contributed by atoms with E-state index >= 15 is 0 Å². The fourth-order valence-corrected chi connectivity index (χ4v) is 6.62. The normalized spacial score (nSPS) is 11.3. The summed E-state index contributed by atoms with van der Waals surface area (Å²) < 4.78 is 9.38. The number of thiophene rings is 2. The lowest BCUT2D eigenvalue weighted by Crippen LogP contribution is -1.81. The Morgan fingerprint density at radius 2 is 0.848 bits per heavy atom.